The summed E-state index contributed by atoms with van der Waals surface area (Å²) >= 11 is 0. The molecule has 0 saturated carbocycles. The van der Waals surface area contributed by atoms with Gasteiger partial charge in [0, 0.05) is 24.3 Å². The number of amides is 1. The minimum Gasteiger partial charge on any atom is -0.322 e. The van der Waals surface area contributed by atoms with Crippen molar-refractivity contribution in [1.29, 1.82) is 0 Å². The zero-order valence-electron chi connectivity index (χ0n) is 16.1. The van der Waals surface area contributed by atoms with Crippen molar-refractivity contribution in [2.24, 2.45) is 0 Å². The van der Waals surface area contributed by atoms with Crippen molar-refractivity contribution in [1.82, 2.24) is 4.31 Å². The van der Waals surface area contributed by atoms with Gasteiger partial charge in [-0.05, 0) is 62.9 Å². The number of benzene rings is 2. The second-order valence-electron chi connectivity index (χ2n) is 7.21. The average Bonchev–Trinajstić information content (AvgIpc) is 2.64. The quantitative estimate of drug-likeness (QED) is 0.862. The predicted octanol–water partition coefficient (Wildman–Crippen LogP) is 4.04. The van der Waals surface area contributed by atoms with Crippen LogP contribution in [0.1, 0.15) is 46.3 Å². The number of sulfonamides is 1. The minimum absolute atomic E-state index is 0.228. The molecule has 0 spiro atoms. The monoisotopic (exact) mass is 386 g/mol. The third-order valence-electron chi connectivity index (χ3n) is 5.04. The van der Waals surface area contributed by atoms with Gasteiger partial charge in [0.15, 0.2) is 0 Å². The van der Waals surface area contributed by atoms with Crippen LogP contribution in [0.25, 0.3) is 0 Å². The Morgan fingerprint density at radius 2 is 1.63 bits per heavy atom. The summed E-state index contributed by atoms with van der Waals surface area (Å²) < 4.78 is 27.4. The van der Waals surface area contributed by atoms with E-state index in [9.17, 15) is 13.2 Å². The average molecular weight is 387 g/mol. The van der Waals surface area contributed by atoms with Gasteiger partial charge < -0.3 is 5.32 Å². The number of anilines is 1. The van der Waals surface area contributed by atoms with Gasteiger partial charge in [-0.15, -0.1) is 0 Å². The van der Waals surface area contributed by atoms with Gasteiger partial charge in [0.05, 0.1) is 4.90 Å². The third kappa shape index (κ3) is 4.22. The second-order valence-corrected chi connectivity index (χ2v) is 9.15. The molecule has 27 heavy (non-hydrogen) atoms. The van der Waals surface area contributed by atoms with Crippen molar-refractivity contribution in [3.63, 3.8) is 0 Å². The van der Waals surface area contributed by atoms with Crippen molar-refractivity contribution < 1.29 is 13.2 Å². The second kappa shape index (κ2) is 7.82. The summed E-state index contributed by atoms with van der Waals surface area (Å²) in [5, 5.41) is 2.88. The number of aryl methyl sites for hydroxylation is 3. The molecule has 0 aromatic heterocycles. The molecule has 1 saturated heterocycles. The summed E-state index contributed by atoms with van der Waals surface area (Å²) in [5.74, 6) is -0.233. The van der Waals surface area contributed by atoms with Crippen LogP contribution in [0, 0.1) is 20.8 Å². The van der Waals surface area contributed by atoms with E-state index in [0.29, 0.717) is 24.3 Å². The Morgan fingerprint density at radius 3 is 2.30 bits per heavy atom. The molecule has 2 aromatic carbocycles. The van der Waals surface area contributed by atoms with E-state index in [4.69, 9.17) is 0 Å². The first-order valence-electron chi connectivity index (χ1n) is 9.28. The van der Waals surface area contributed by atoms with E-state index in [1.807, 2.05) is 32.9 Å². The first-order chi connectivity index (χ1) is 12.8. The maximum Gasteiger partial charge on any atom is 0.255 e. The molecule has 1 amide bonds. The van der Waals surface area contributed by atoms with E-state index in [1.165, 1.54) is 4.31 Å². The fraction of sp³-hybridized carbons (Fsp3) is 0.381. The van der Waals surface area contributed by atoms with E-state index in [-0.39, 0.29) is 10.8 Å². The number of hydrogen-bond acceptors (Lipinski definition) is 3. The van der Waals surface area contributed by atoms with Crippen molar-refractivity contribution in [2.45, 2.75) is 44.9 Å². The van der Waals surface area contributed by atoms with Gasteiger partial charge in [0.2, 0.25) is 10.0 Å². The maximum atomic E-state index is 12.9. The molecule has 1 aliphatic heterocycles. The number of nitrogens with one attached hydrogen (secondary N) is 1. The molecule has 0 unspecified atom stereocenters. The van der Waals surface area contributed by atoms with E-state index in [2.05, 4.69) is 5.32 Å². The molecule has 0 radical (unpaired) electrons. The Balaban J connectivity index is 1.88. The molecule has 1 heterocycles. The molecule has 3 rings (SSSR count). The first-order valence-corrected chi connectivity index (χ1v) is 10.7. The number of piperidine rings is 1. The number of rotatable bonds is 4. The highest BCUT2D eigenvalue weighted by Crippen LogP contribution is 2.26. The third-order valence-corrected chi connectivity index (χ3v) is 6.93. The van der Waals surface area contributed by atoms with Gasteiger partial charge in [-0.2, -0.15) is 4.31 Å². The molecule has 144 valence electrons. The van der Waals surface area contributed by atoms with E-state index < -0.39 is 10.0 Å². The molecular formula is C21H26N2O3S. The molecule has 1 fully saturated rings. The van der Waals surface area contributed by atoms with Gasteiger partial charge in [0.1, 0.15) is 0 Å². The SMILES string of the molecule is Cc1ccc(C(=O)Nc2cc(S(=O)(=O)N3CCCCC3)ccc2C)c(C)c1. The van der Waals surface area contributed by atoms with Crippen molar-refractivity contribution in [3.05, 3.63) is 58.7 Å². The Labute approximate surface area is 161 Å². The van der Waals surface area contributed by atoms with Crippen LogP contribution in [-0.2, 0) is 10.0 Å². The lowest BCUT2D eigenvalue weighted by Gasteiger charge is -2.26. The molecule has 1 aliphatic rings. The van der Waals surface area contributed by atoms with E-state index >= 15 is 0 Å². The van der Waals surface area contributed by atoms with Crippen LogP contribution in [0.15, 0.2) is 41.3 Å². The number of hydrogen-bond donors (Lipinski definition) is 1. The largest absolute Gasteiger partial charge is 0.322 e. The number of nitrogens with zero attached hydrogens (tertiary/aromatic N) is 1. The summed E-state index contributed by atoms with van der Waals surface area (Å²) in [5.41, 5.74) is 3.92. The molecule has 5 nitrogen and oxygen atoms in total. The van der Waals surface area contributed by atoms with Crippen LogP contribution >= 0.6 is 0 Å². The van der Waals surface area contributed by atoms with Crippen LogP contribution in [0.4, 0.5) is 5.69 Å². The summed E-state index contributed by atoms with van der Waals surface area (Å²) in [4.78, 5) is 12.9. The van der Waals surface area contributed by atoms with Crippen molar-refractivity contribution in [3.8, 4) is 0 Å². The van der Waals surface area contributed by atoms with Crippen LogP contribution in [0.2, 0.25) is 0 Å². The van der Waals surface area contributed by atoms with Crippen molar-refractivity contribution >= 4 is 21.6 Å². The fourth-order valence-corrected chi connectivity index (χ4v) is 4.95. The Kier molecular flexibility index (Phi) is 5.67. The van der Waals surface area contributed by atoms with Gasteiger partial charge in [-0.1, -0.05) is 30.2 Å². The lowest BCUT2D eigenvalue weighted by molar-refractivity contribution is 0.102. The summed E-state index contributed by atoms with van der Waals surface area (Å²) in [7, 11) is -3.53. The smallest absolute Gasteiger partial charge is 0.255 e. The summed E-state index contributed by atoms with van der Waals surface area (Å²) in [6.07, 6.45) is 2.85. The highest BCUT2D eigenvalue weighted by atomic mass is 32.2. The standard InChI is InChI=1S/C21H26N2O3S/c1-15-7-10-19(17(3)13-15)21(24)22-20-14-18(9-8-16(20)2)27(25,26)23-11-5-4-6-12-23/h7-10,13-14H,4-6,11-12H2,1-3H3,(H,22,24). The topological polar surface area (TPSA) is 66.5 Å². The predicted molar refractivity (Wildman–Crippen MR) is 108 cm³/mol. The Bertz CT molecular complexity index is 961. The molecule has 2 aromatic rings. The van der Waals surface area contributed by atoms with Crippen LogP contribution in [0.5, 0.6) is 0 Å². The lowest BCUT2D eigenvalue weighted by Crippen LogP contribution is -2.35. The van der Waals surface area contributed by atoms with Gasteiger partial charge in [-0.3, -0.25) is 4.79 Å². The number of carbonyl (C=O) groups excluding carboxylic acids is 1. The normalized spacial score (nSPS) is 15.5. The fourth-order valence-electron chi connectivity index (χ4n) is 3.41. The molecular weight excluding hydrogens is 360 g/mol. The van der Waals surface area contributed by atoms with Crippen molar-refractivity contribution in [2.75, 3.05) is 18.4 Å². The molecule has 0 aliphatic carbocycles. The van der Waals surface area contributed by atoms with Gasteiger partial charge in [0.25, 0.3) is 5.91 Å². The van der Waals surface area contributed by atoms with E-state index in [1.54, 1.807) is 24.3 Å². The summed E-state index contributed by atoms with van der Waals surface area (Å²) in [6.45, 7) is 6.84. The van der Waals surface area contributed by atoms with Gasteiger partial charge in [-0.25, -0.2) is 8.42 Å². The molecule has 0 bridgehead atoms. The lowest BCUT2D eigenvalue weighted by atomic mass is 10.0. The number of carbonyl (C=O) groups is 1. The Hall–Kier alpha value is -2.18. The minimum atomic E-state index is -3.53. The molecule has 1 N–H and O–H groups in total. The highest BCUT2D eigenvalue weighted by Gasteiger charge is 2.26. The zero-order valence-corrected chi connectivity index (χ0v) is 16.9. The Morgan fingerprint density at radius 1 is 0.926 bits per heavy atom. The van der Waals surface area contributed by atoms with E-state index in [0.717, 1.165) is 36.0 Å². The highest BCUT2D eigenvalue weighted by molar-refractivity contribution is 7.89. The first kappa shape index (κ1) is 19.6. The van der Waals surface area contributed by atoms with Crippen LogP contribution < -0.4 is 5.32 Å². The zero-order chi connectivity index (χ0) is 19.6. The molecule has 0 atom stereocenters. The summed E-state index contributed by atoms with van der Waals surface area (Å²) in [6, 6.07) is 10.6. The van der Waals surface area contributed by atoms with Gasteiger partial charge >= 0.3 is 0 Å². The van der Waals surface area contributed by atoms with Crippen LogP contribution in [-0.4, -0.2) is 31.7 Å². The molecule has 6 heteroatoms. The van der Waals surface area contributed by atoms with Crippen LogP contribution in [0.3, 0.4) is 0 Å². The maximum absolute atomic E-state index is 12.9.